The highest BCUT2D eigenvalue weighted by Crippen LogP contribution is 2.21. The van der Waals surface area contributed by atoms with Gasteiger partial charge in [-0.1, -0.05) is 12.1 Å². The van der Waals surface area contributed by atoms with Crippen molar-refractivity contribution < 1.29 is 13.2 Å². The van der Waals surface area contributed by atoms with Crippen LogP contribution in [0.15, 0.2) is 78.2 Å². The van der Waals surface area contributed by atoms with Gasteiger partial charge in [0.15, 0.2) is 5.78 Å². The molecule has 0 radical (unpaired) electrons. The van der Waals surface area contributed by atoms with Gasteiger partial charge in [-0.15, -0.1) is 0 Å². The molecule has 0 aliphatic carbocycles. The van der Waals surface area contributed by atoms with Crippen LogP contribution in [0.4, 0.5) is 17.2 Å². The van der Waals surface area contributed by atoms with Gasteiger partial charge in [-0.2, -0.15) is 0 Å². The summed E-state index contributed by atoms with van der Waals surface area (Å²) in [6.07, 6.45) is 4.97. The Balaban J connectivity index is 1.46. The number of hydrogen-bond acceptors (Lipinski definition) is 7. The summed E-state index contributed by atoms with van der Waals surface area (Å²) in [6, 6.07) is 14.3. The second kappa shape index (κ2) is 8.60. The predicted molar refractivity (Wildman–Crippen MR) is 121 cm³/mol. The Kier molecular flexibility index (Phi) is 5.69. The molecule has 0 atom stereocenters. The molecule has 0 saturated carbocycles. The van der Waals surface area contributed by atoms with Crippen molar-refractivity contribution in [2.45, 2.75) is 18.7 Å². The molecule has 9 nitrogen and oxygen atoms in total. The molecule has 32 heavy (non-hydrogen) atoms. The van der Waals surface area contributed by atoms with E-state index in [2.05, 4.69) is 25.0 Å². The summed E-state index contributed by atoms with van der Waals surface area (Å²) in [4.78, 5) is 24.1. The third kappa shape index (κ3) is 4.65. The second-order valence-corrected chi connectivity index (χ2v) is 8.68. The maximum Gasteiger partial charge on any atom is 0.261 e. The van der Waals surface area contributed by atoms with Gasteiger partial charge in [0.05, 0.1) is 4.90 Å². The molecule has 0 aliphatic heterocycles. The van der Waals surface area contributed by atoms with E-state index in [4.69, 9.17) is 0 Å². The van der Waals surface area contributed by atoms with E-state index in [1.165, 1.54) is 37.5 Å². The molecule has 2 N–H and O–H groups in total. The molecular weight excluding hydrogens is 428 g/mol. The minimum atomic E-state index is -3.77. The molecule has 2 aromatic carbocycles. The number of anilines is 3. The summed E-state index contributed by atoms with van der Waals surface area (Å²) < 4.78 is 29.6. The van der Waals surface area contributed by atoms with E-state index in [0.717, 1.165) is 11.5 Å². The average molecular weight is 449 g/mol. The Bertz CT molecular complexity index is 1360. The van der Waals surface area contributed by atoms with Crippen LogP contribution in [-0.2, 0) is 10.0 Å². The number of nitrogens with zero attached hydrogens (tertiary/aromatic N) is 4. The fraction of sp³-hybridized carbons (Fsp3) is 0.0909. The molecule has 2 aromatic heterocycles. The monoisotopic (exact) mass is 448 g/mol. The number of imidazole rings is 1. The third-order valence-corrected chi connectivity index (χ3v) is 6.10. The summed E-state index contributed by atoms with van der Waals surface area (Å²) in [5.41, 5.74) is 1.59. The van der Waals surface area contributed by atoms with Crippen LogP contribution < -0.4 is 10.0 Å². The number of Topliss-reactive ketones (excluding diaryl/α,β-unsaturated/α-hetero) is 1. The first-order valence-electron chi connectivity index (χ1n) is 9.65. The highest BCUT2D eigenvalue weighted by Gasteiger charge is 2.14. The summed E-state index contributed by atoms with van der Waals surface area (Å²) in [5.74, 6) is 1.95. The third-order valence-electron chi connectivity index (χ3n) is 4.71. The van der Waals surface area contributed by atoms with Crippen molar-refractivity contribution in [1.29, 1.82) is 0 Å². The van der Waals surface area contributed by atoms with Gasteiger partial charge in [0.1, 0.15) is 23.8 Å². The fourth-order valence-electron chi connectivity index (χ4n) is 3.02. The van der Waals surface area contributed by atoms with E-state index in [9.17, 15) is 13.2 Å². The molecule has 4 aromatic rings. The van der Waals surface area contributed by atoms with Gasteiger partial charge >= 0.3 is 0 Å². The van der Waals surface area contributed by atoms with E-state index in [-0.39, 0.29) is 10.7 Å². The van der Waals surface area contributed by atoms with Crippen LogP contribution in [-0.4, -0.2) is 33.7 Å². The predicted octanol–water partition coefficient (Wildman–Crippen LogP) is 3.72. The zero-order valence-corrected chi connectivity index (χ0v) is 18.2. The Morgan fingerprint density at radius 1 is 0.938 bits per heavy atom. The van der Waals surface area contributed by atoms with Crippen LogP contribution in [0.5, 0.6) is 0 Å². The molecule has 4 rings (SSSR count). The Labute approximate surface area is 185 Å². The maximum atomic E-state index is 12.6. The van der Waals surface area contributed by atoms with Crippen LogP contribution >= 0.6 is 0 Å². The lowest BCUT2D eigenvalue weighted by Crippen LogP contribution is -2.13. The van der Waals surface area contributed by atoms with E-state index >= 15 is 0 Å². The normalized spacial score (nSPS) is 11.2. The number of rotatable bonds is 7. The van der Waals surface area contributed by atoms with Crippen LogP contribution in [0.3, 0.4) is 0 Å². The smallest absolute Gasteiger partial charge is 0.261 e. The van der Waals surface area contributed by atoms with Crippen molar-refractivity contribution in [1.82, 2.24) is 19.5 Å². The van der Waals surface area contributed by atoms with Crippen LogP contribution in [0.1, 0.15) is 23.1 Å². The first-order chi connectivity index (χ1) is 15.3. The Morgan fingerprint density at radius 2 is 1.62 bits per heavy atom. The molecule has 0 bridgehead atoms. The second-order valence-electron chi connectivity index (χ2n) is 6.99. The van der Waals surface area contributed by atoms with Gasteiger partial charge in [0.2, 0.25) is 0 Å². The lowest BCUT2D eigenvalue weighted by Gasteiger charge is -2.11. The number of hydrogen-bond donors (Lipinski definition) is 2. The summed E-state index contributed by atoms with van der Waals surface area (Å²) >= 11 is 0. The Morgan fingerprint density at radius 3 is 2.25 bits per heavy atom. The van der Waals surface area contributed by atoms with Crippen molar-refractivity contribution in [3.05, 3.63) is 84.7 Å². The zero-order chi connectivity index (χ0) is 22.7. The first kappa shape index (κ1) is 21.2. The van der Waals surface area contributed by atoms with E-state index in [0.29, 0.717) is 22.9 Å². The van der Waals surface area contributed by atoms with E-state index < -0.39 is 10.0 Å². The molecule has 0 spiro atoms. The largest absolute Gasteiger partial charge is 0.340 e. The minimum Gasteiger partial charge on any atom is -0.340 e. The lowest BCUT2D eigenvalue weighted by atomic mass is 10.2. The topological polar surface area (TPSA) is 119 Å². The van der Waals surface area contributed by atoms with Gasteiger partial charge < -0.3 is 5.32 Å². The first-order valence-corrected chi connectivity index (χ1v) is 11.1. The quantitative estimate of drug-likeness (QED) is 0.414. The summed E-state index contributed by atoms with van der Waals surface area (Å²) in [5, 5.41) is 3.17. The van der Waals surface area contributed by atoms with Crippen LogP contribution in [0.2, 0.25) is 0 Å². The van der Waals surface area contributed by atoms with Crippen molar-refractivity contribution in [3.63, 3.8) is 0 Å². The van der Waals surface area contributed by atoms with E-state index in [1.807, 2.05) is 17.7 Å². The number of sulfonamides is 1. The molecule has 10 heteroatoms. The number of carbonyl (C=O) groups is 1. The number of carbonyl (C=O) groups excluding carboxylic acids is 1. The van der Waals surface area contributed by atoms with Gasteiger partial charge in [0.25, 0.3) is 10.0 Å². The highest BCUT2D eigenvalue weighted by molar-refractivity contribution is 7.92. The van der Waals surface area contributed by atoms with Gasteiger partial charge in [0, 0.05) is 35.4 Å². The average Bonchev–Trinajstić information content (AvgIpc) is 3.21. The maximum absolute atomic E-state index is 12.6. The molecular formula is C22H20N6O3S. The number of ketones is 1. The van der Waals surface area contributed by atoms with Gasteiger partial charge in [-0.3, -0.25) is 14.1 Å². The number of aromatic nitrogens is 4. The molecule has 0 unspecified atom stereocenters. The fourth-order valence-corrected chi connectivity index (χ4v) is 4.08. The van der Waals surface area contributed by atoms with E-state index in [1.54, 1.807) is 36.5 Å². The number of aryl methyl sites for hydroxylation is 1. The molecule has 0 saturated heterocycles. The lowest BCUT2D eigenvalue weighted by molar-refractivity contribution is 0.101. The van der Waals surface area contributed by atoms with Gasteiger partial charge in [-0.05, 0) is 50.2 Å². The Hall–Kier alpha value is -4.05. The standard InChI is InChI=1S/C22H20N6O3S/c1-15(29)17-3-9-20(10-4-17)32(30,31)27-19-7-5-18(6-8-19)26-21-13-22(25-14-24-21)28-12-11-23-16(28)2/h3-14,27H,1-2H3,(H,24,25,26). The van der Waals surface area contributed by atoms with Crippen molar-refractivity contribution in [3.8, 4) is 5.82 Å². The summed E-state index contributed by atoms with van der Waals surface area (Å²) in [6.45, 7) is 3.31. The van der Waals surface area contributed by atoms with Crippen molar-refractivity contribution in [2.24, 2.45) is 0 Å². The van der Waals surface area contributed by atoms with Crippen LogP contribution in [0, 0.1) is 6.92 Å². The summed E-state index contributed by atoms with van der Waals surface area (Å²) in [7, 11) is -3.77. The molecule has 2 heterocycles. The molecule has 162 valence electrons. The van der Waals surface area contributed by atoms with Crippen molar-refractivity contribution in [2.75, 3.05) is 10.0 Å². The molecule has 0 amide bonds. The SMILES string of the molecule is CC(=O)c1ccc(S(=O)(=O)Nc2ccc(Nc3cc(-n4ccnc4C)ncn3)cc2)cc1. The number of nitrogens with one attached hydrogen (secondary N) is 2. The molecule has 0 fully saturated rings. The zero-order valence-electron chi connectivity index (χ0n) is 17.4. The van der Waals surface area contributed by atoms with Gasteiger partial charge in [-0.25, -0.2) is 23.4 Å². The highest BCUT2D eigenvalue weighted by atomic mass is 32.2. The minimum absolute atomic E-state index is 0.0769. The number of benzene rings is 2. The molecule has 0 aliphatic rings. The van der Waals surface area contributed by atoms with Crippen molar-refractivity contribution >= 4 is 33.0 Å². The van der Waals surface area contributed by atoms with Crippen LogP contribution in [0.25, 0.3) is 5.82 Å².